The van der Waals surface area contributed by atoms with Crippen LogP contribution in [0, 0.1) is 12.7 Å². The summed E-state index contributed by atoms with van der Waals surface area (Å²) in [6.07, 6.45) is 1.01. The van der Waals surface area contributed by atoms with Crippen LogP contribution in [0.1, 0.15) is 53.7 Å². The van der Waals surface area contributed by atoms with Crippen molar-refractivity contribution < 1.29 is 14.0 Å². The molecule has 0 aliphatic heterocycles. The Morgan fingerprint density at radius 1 is 1.00 bits per heavy atom. The molecule has 0 aliphatic rings. The first-order valence-corrected chi connectivity index (χ1v) is 8.14. The molecule has 3 nitrogen and oxygen atoms in total. The van der Waals surface area contributed by atoms with Crippen molar-refractivity contribution in [3.63, 3.8) is 0 Å². The lowest BCUT2D eigenvalue weighted by atomic mass is 10.0. The van der Waals surface area contributed by atoms with Crippen molar-refractivity contribution in [2.45, 2.75) is 39.2 Å². The third-order valence-electron chi connectivity index (χ3n) is 3.97. The van der Waals surface area contributed by atoms with E-state index in [9.17, 15) is 14.0 Å². The van der Waals surface area contributed by atoms with E-state index >= 15 is 0 Å². The van der Waals surface area contributed by atoms with Crippen LogP contribution in [0.5, 0.6) is 0 Å². The lowest BCUT2D eigenvalue weighted by molar-refractivity contribution is -0.121. The second-order valence-electron chi connectivity index (χ2n) is 5.87. The summed E-state index contributed by atoms with van der Waals surface area (Å²) < 4.78 is 12.9. The summed E-state index contributed by atoms with van der Waals surface area (Å²) in [5.41, 5.74) is 2.65. The average molecular weight is 327 g/mol. The molecule has 2 rings (SSSR count). The minimum atomic E-state index is -0.381. The van der Waals surface area contributed by atoms with E-state index in [0.717, 1.165) is 12.0 Å². The Labute approximate surface area is 141 Å². The third-order valence-corrected chi connectivity index (χ3v) is 3.97. The number of halogens is 1. The third kappa shape index (κ3) is 5.01. The first kappa shape index (κ1) is 17.9. The molecule has 0 fully saturated rings. The smallest absolute Gasteiger partial charge is 0.220 e. The summed E-state index contributed by atoms with van der Waals surface area (Å²) in [5.74, 6) is -0.695. The molecule has 2 aromatic carbocycles. The standard InChI is InChI=1S/C20H22FNO2/c1-3-18(15-6-4-14(2)5-7-15)22-20(24)13-12-19(23)16-8-10-17(21)11-9-16/h4-11,18H,3,12-13H2,1-2H3,(H,22,24). The number of hydrogen-bond donors (Lipinski definition) is 1. The zero-order valence-electron chi connectivity index (χ0n) is 14.0. The van der Waals surface area contributed by atoms with Crippen LogP contribution in [-0.4, -0.2) is 11.7 Å². The van der Waals surface area contributed by atoms with E-state index in [-0.39, 0.29) is 36.4 Å². The van der Waals surface area contributed by atoms with Gasteiger partial charge in [-0.2, -0.15) is 0 Å². The van der Waals surface area contributed by atoms with Crippen LogP contribution in [0.15, 0.2) is 48.5 Å². The van der Waals surface area contributed by atoms with E-state index in [4.69, 9.17) is 0 Å². The van der Waals surface area contributed by atoms with Gasteiger partial charge in [-0.15, -0.1) is 0 Å². The van der Waals surface area contributed by atoms with Crippen LogP contribution in [0.2, 0.25) is 0 Å². The highest BCUT2D eigenvalue weighted by atomic mass is 19.1. The molecule has 0 radical (unpaired) electrons. The number of Topliss-reactive ketones (excluding diaryl/α,β-unsaturated/α-hetero) is 1. The van der Waals surface area contributed by atoms with Gasteiger partial charge in [-0.05, 0) is 43.2 Å². The van der Waals surface area contributed by atoms with E-state index in [0.29, 0.717) is 5.56 Å². The summed E-state index contributed by atoms with van der Waals surface area (Å²) >= 11 is 0. The van der Waals surface area contributed by atoms with Gasteiger partial charge in [0.15, 0.2) is 5.78 Å². The minimum absolute atomic E-state index is 0.0565. The Hall–Kier alpha value is -2.49. The number of nitrogens with one attached hydrogen (secondary N) is 1. The molecule has 126 valence electrons. The van der Waals surface area contributed by atoms with Gasteiger partial charge in [0.25, 0.3) is 0 Å². The highest BCUT2D eigenvalue weighted by Crippen LogP contribution is 2.17. The van der Waals surface area contributed by atoms with Gasteiger partial charge in [-0.25, -0.2) is 4.39 Å². The van der Waals surface area contributed by atoms with E-state index < -0.39 is 0 Å². The molecule has 2 aromatic rings. The SMILES string of the molecule is CCC(NC(=O)CCC(=O)c1ccc(F)cc1)c1ccc(C)cc1. The molecule has 0 heterocycles. The van der Waals surface area contributed by atoms with E-state index in [2.05, 4.69) is 5.32 Å². The molecule has 1 unspecified atom stereocenters. The maximum atomic E-state index is 12.9. The van der Waals surface area contributed by atoms with E-state index in [1.165, 1.54) is 29.8 Å². The Bertz CT molecular complexity index is 693. The fraction of sp³-hybridized carbons (Fsp3) is 0.300. The zero-order valence-corrected chi connectivity index (χ0v) is 14.0. The van der Waals surface area contributed by atoms with Gasteiger partial charge in [0.1, 0.15) is 5.82 Å². The van der Waals surface area contributed by atoms with Crippen LogP contribution < -0.4 is 5.32 Å². The van der Waals surface area contributed by atoms with Crippen LogP contribution in [0.4, 0.5) is 4.39 Å². The van der Waals surface area contributed by atoms with Crippen LogP contribution in [0.3, 0.4) is 0 Å². The Kier molecular flexibility index (Phi) is 6.24. The number of hydrogen-bond acceptors (Lipinski definition) is 2. The van der Waals surface area contributed by atoms with Gasteiger partial charge in [0.05, 0.1) is 6.04 Å². The number of benzene rings is 2. The highest BCUT2D eigenvalue weighted by Gasteiger charge is 2.14. The second kappa shape index (κ2) is 8.39. The molecule has 0 bridgehead atoms. The van der Waals surface area contributed by atoms with Crippen molar-refractivity contribution in [1.29, 1.82) is 0 Å². The van der Waals surface area contributed by atoms with Crippen molar-refractivity contribution in [1.82, 2.24) is 5.32 Å². The first-order valence-electron chi connectivity index (χ1n) is 8.14. The summed E-state index contributed by atoms with van der Waals surface area (Å²) in [5, 5.41) is 2.97. The molecule has 0 spiro atoms. The van der Waals surface area contributed by atoms with E-state index in [1.807, 2.05) is 38.1 Å². The highest BCUT2D eigenvalue weighted by molar-refractivity contribution is 5.97. The largest absolute Gasteiger partial charge is 0.349 e. The Morgan fingerprint density at radius 3 is 2.21 bits per heavy atom. The fourth-order valence-corrected chi connectivity index (χ4v) is 2.49. The molecule has 0 saturated carbocycles. The Balaban J connectivity index is 1.88. The summed E-state index contributed by atoms with van der Waals surface area (Å²) in [4.78, 5) is 24.1. The molecule has 1 amide bonds. The lowest BCUT2D eigenvalue weighted by Crippen LogP contribution is -2.28. The second-order valence-corrected chi connectivity index (χ2v) is 5.87. The molecule has 4 heteroatoms. The molecular weight excluding hydrogens is 305 g/mol. The van der Waals surface area contributed by atoms with Crippen molar-refractivity contribution in [2.24, 2.45) is 0 Å². The van der Waals surface area contributed by atoms with Gasteiger partial charge >= 0.3 is 0 Å². The first-order chi connectivity index (χ1) is 11.5. The maximum Gasteiger partial charge on any atom is 0.220 e. The average Bonchev–Trinajstić information content (AvgIpc) is 2.59. The van der Waals surface area contributed by atoms with Crippen molar-refractivity contribution >= 4 is 11.7 Å². The number of aryl methyl sites for hydroxylation is 1. The summed E-state index contributed by atoms with van der Waals surface area (Å²) in [7, 11) is 0. The molecule has 0 aromatic heterocycles. The van der Waals surface area contributed by atoms with Crippen molar-refractivity contribution in [2.75, 3.05) is 0 Å². The quantitative estimate of drug-likeness (QED) is 0.768. The maximum absolute atomic E-state index is 12.9. The van der Waals surface area contributed by atoms with Gasteiger partial charge in [0.2, 0.25) is 5.91 Å². The van der Waals surface area contributed by atoms with E-state index in [1.54, 1.807) is 0 Å². The van der Waals surface area contributed by atoms with Crippen molar-refractivity contribution in [3.8, 4) is 0 Å². The van der Waals surface area contributed by atoms with Gasteiger partial charge < -0.3 is 5.32 Å². The predicted octanol–water partition coefficient (Wildman–Crippen LogP) is 4.36. The van der Waals surface area contributed by atoms with Gasteiger partial charge in [0, 0.05) is 18.4 Å². The molecule has 1 atom stereocenters. The molecule has 0 aliphatic carbocycles. The summed E-state index contributed by atoms with van der Waals surface area (Å²) in [6.45, 7) is 4.03. The van der Waals surface area contributed by atoms with Crippen LogP contribution in [0.25, 0.3) is 0 Å². The minimum Gasteiger partial charge on any atom is -0.349 e. The number of carbonyl (C=O) groups excluding carboxylic acids is 2. The molecule has 0 saturated heterocycles. The number of rotatable bonds is 7. The zero-order chi connectivity index (χ0) is 17.5. The fourth-order valence-electron chi connectivity index (χ4n) is 2.49. The Morgan fingerprint density at radius 2 is 1.62 bits per heavy atom. The molecule has 1 N–H and O–H groups in total. The van der Waals surface area contributed by atoms with Crippen molar-refractivity contribution in [3.05, 3.63) is 71.0 Å². The van der Waals surface area contributed by atoms with Crippen LogP contribution >= 0.6 is 0 Å². The van der Waals surface area contributed by atoms with Gasteiger partial charge in [-0.3, -0.25) is 9.59 Å². The van der Waals surface area contributed by atoms with Gasteiger partial charge in [-0.1, -0.05) is 36.8 Å². The predicted molar refractivity (Wildman–Crippen MR) is 92.3 cm³/mol. The molecule has 24 heavy (non-hydrogen) atoms. The normalized spacial score (nSPS) is 11.8. The number of amides is 1. The molecular formula is C20H22FNO2. The monoisotopic (exact) mass is 327 g/mol. The number of ketones is 1. The lowest BCUT2D eigenvalue weighted by Gasteiger charge is -2.17. The summed E-state index contributed by atoms with van der Waals surface area (Å²) in [6, 6.07) is 13.4. The topological polar surface area (TPSA) is 46.2 Å². The van der Waals surface area contributed by atoms with Crippen LogP contribution in [-0.2, 0) is 4.79 Å². The number of carbonyl (C=O) groups is 2.